The summed E-state index contributed by atoms with van der Waals surface area (Å²) in [6, 6.07) is 6.26. The molecule has 124 valence electrons. The molecule has 1 aromatic carbocycles. The Labute approximate surface area is 146 Å². The molecule has 0 spiro atoms. The molecule has 2 N–H and O–H groups in total. The summed E-state index contributed by atoms with van der Waals surface area (Å²) in [5.41, 5.74) is 6.85. The smallest absolute Gasteiger partial charge is 0.223 e. The van der Waals surface area contributed by atoms with Crippen molar-refractivity contribution in [3.8, 4) is 5.75 Å². The lowest BCUT2D eigenvalue weighted by Crippen LogP contribution is -2.34. The molecule has 6 heteroatoms. The van der Waals surface area contributed by atoms with Crippen LogP contribution in [0.3, 0.4) is 0 Å². The number of methoxy groups -OCH3 is 1. The number of likely N-dealkylation sites (tertiary alicyclic amines) is 1. The molecule has 0 saturated carbocycles. The summed E-state index contributed by atoms with van der Waals surface area (Å²) < 4.78 is 6.13. The van der Waals surface area contributed by atoms with Crippen LogP contribution in [-0.4, -0.2) is 37.0 Å². The van der Waals surface area contributed by atoms with Crippen molar-refractivity contribution in [2.75, 3.05) is 20.2 Å². The van der Waals surface area contributed by atoms with Crippen molar-refractivity contribution in [1.82, 2.24) is 4.90 Å². The highest BCUT2D eigenvalue weighted by Crippen LogP contribution is 2.27. The maximum Gasteiger partial charge on any atom is 0.223 e. The number of halogens is 2. The zero-order valence-corrected chi connectivity index (χ0v) is 15.5. The first kappa shape index (κ1) is 19.3. The Morgan fingerprint density at radius 3 is 2.77 bits per heavy atom. The second kappa shape index (κ2) is 8.75. The number of rotatable bonds is 5. The predicted molar refractivity (Wildman–Crippen MR) is 94.6 cm³/mol. The highest BCUT2D eigenvalue weighted by molar-refractivity contribution is 9.10. The molecule has 1 fully saturated rings. The normalized spacial score (nSPS) is 20.6. The van der Waals surface area contributed by atoms with E-state index in [2.05, 4.69) is 22.9 Å². The van der Waals surface area contributed by atoms with Crippen molar-refractivity contribution in [3.05, 3.63) is 28.2 Å². The highest BCUT2D eigenvalue weighted by Gasteiger charge is 2.31. The van der Waals surface area contributed by atoms with Gasteiger partial charge in [0.1, 0.15) is 5.75 Å². The maximum absolute atomic E-state index is 12.3. The lowest BCUT2D eigenvalue weighted by molar-refractivity contribution is -0.131. The van der Waals surface area contributed by atoms with Gasteiger partial charge in [0, 0.05) is 19.0 Å². The number of hydrogen-bond donors (Lipinski definition) is 1. The molecule has 1 amide bonds. The third-order valence-corrected chi connectivity index (χ3v) is 4.78. The van der Waals surface area contributed by atoms with Crippen LogP contribution < -0.4 is 10.5 Å². The van der Waals surface area contributed by atoms with Crippen LogP contribution in [0.25, 0.3) is 0 Å². The number of nitrogens with two attached hydrogens (primary N) is 1. The second-order valence-corrected chi connectivity index (χ2v) is 6.56. The maximum atomic E-state index is 12.3. The first-order valence-corrected chi connectivity index (χ1v) is 8.16. The number of aryl methyl sites for hydroxylation is 1. The van der Waals surface area contributed by atoms with Gasteiger partial charge in [-0.05, 0) is 65.9 Å². The van der Waals surface area contributed by atoms with Gasteiger partial charge in [-0.3, -0.25) is 4.79 Å². The van der Waals surface area contributed by atoms with Crippen molar-refractivity contribution in [2.24, 2.45) is 11.7 Å². The lowest BCUT2D eigenvalue weighted by Gasteiger charge is -2.21. The minimum atomic E-state index is 0. The van der Waals surface area contributed by atoms with Gasteiger partial charge in [0.15, 0.2) is 0 Å². The van der Waals surface area contributed by atoms with Crippen LogP contribution in [0.15, 0.2) is 22.7 Å². The SMILES string of the molecule is COc1ccc(CCC(=O)N2CC(CN)CC2C)cc1Br.Cl. The number of carbonyl (C=O) groups is 1. The Hall–Kier alpha value is -0.780. The van der Waals surface area contributed by atoms with Crippen LogP contribution in [0.4, 0.5) is 0 Å². The van der Waals surface area contributed by atoms with Crippen LogP contribution in [0.1, 0.15) is 25.3 Å². The average molecular weight is 392 g/mol. The average Bonchev–Trinajstić information content (AvgIpc) is 2.86. The molecular weight excluding hydrogens is 368 g/mol. The largest absolute Gasteiger partial charge is 0.496 e. The number of carbonyl (C=O) groups excluding carboxylic acids is 1. The molecule has 1 aliphatic rings. The van der Waals surface area contributed by atoms with Crippen molar-refractivity contribution in [1.29, 1.82) is 0 Å². The molecule has 0 aliphatic carbocycles. The van der Waals surface area contributed by atoms with E-state index < -0.39 is 0 Å². The zero-order chi connectivity index (χ0) is 15.4. The molecule has 0 aromatic heterocycles. The fourth-order valence-electron chi connectivity index (χ4n) is 2.92. The highest BCUT2D eigenvalue weighted by atomic mass is 79.9. The Morgan fingerprint density at radius 2 is 2.23 bits per heavy atom. The van der Waals surface area contributed by atoms with Gasteiger partial charge in [0.05, 0.1) is 11.6 Å². The van der Waals surface area contributed by atoms with Crippen molar-refractivity contribution >= 4 is 34.2 Å². The van der Waals surface area contributed by atoms with E-state index in [9.17, 15) is 4.79 Å². The van der Waals surface area contributed by atoms with Crippen LogP contribution in [0, 0.1) is 5.92 Å². The Balaban J connectivity index is 0.00000242. The standard InChI is InChI=1S/C16H23BrN2O2.ClH/c1-11-7-13(9-18)10-19(11)16(20)6-4-12-3-5-15(21-2)14(17)8-12;/h3,5,8,11,13H,4,6-7,9-10,18H2,1-2H3;1H. The third-order valence-electron chi connectivity index (χ3n) is 4.16. The molecule has 1 aliphatic heterocycles. The molecular formula is C16H24BrClN2O2. The number of hydrogen-bond acceptors (Lipinski definition) is 3. The molecule has 0 bridgehead atoms. The second-order valence-electron chi connectivity index (χ2n) is 5.70. The van der Waals surface area contributed by atoms with Gasteiger partial charge in [-0.25, -0.2) is 0 Å². The molecule has 4 nitrogen and oxygen atoms in total. The van der Waals surface area contributed by atoms with E-state index in [1.807, 2.05) is 23.1 Å². The van der Waals surface area contributed by atoms with Gasteiger partial charge in [-0.15, -0.1) is 12.4 Å². The summed E-state index contributed by atoms with van der Waals surface area (Å²) in [7, 11) is 1.64. The molecule has 1 heterocycles. The molecule has 2 rings (SSSR count). The van der Waals surface area contributed by atoms with Crippen LogP contribution in [-0.2, 0) is 11.2 Å². The molecule has 2 atom stereocenters. The van der Waals surface area contributed by atoms with Crippen molar-refractivity contribution in [2.45, 2.75) is 32.2 Å². The van der Waals surface area contributed by atoms with Gasteiger partial charge in [0.2, 0.25) is 5.91 Å². The summed E-state index contributed by atoms with van der Waals surface area (Å²) in [5.74, 6) is 1.49. The summed E-state index contributed by atoms with van der Waals surface area (Å²) in [5, 5.41) is 0. The van der Waals surface area contributed by atoms with Crippen molar-refractivity contribution in [3.63, 3.8) is 0 Å². The van der Waals surface area contributed by atoms with Gasteiger partial charge >= 0.3 is 0 Å². The summed E-state index contributed by atoms with van der Waals surface area (Å²) in [6.07, 6.45) is 2.31. The van der Waals surface area contributed by atoms with Crippen LogP contribution in [0.2, 0.25) is 0 Å². The first-order chi connectivity index (χ1) is 10.0. The minimum absolute atomic E-state index is 0. The summed E-state index contributed by atoms with van der Waals surface area (Å²) in [4.78, 5) is 14.3. The molecule has 1 saturated heterocycles. The summed E-state index contributed by atoms with van der Waals surface area (Å²) in [6.45, 7) is 3.58. The number of amides is 1. The first-order valence-electron chi connectivity index (χ1n) is 7.37. The monoisotopic (exact) mass is 390 g/mol. The van der Waals surface area contributed by atoms with E-state index in [-0.39, 0.29) is 18.3 Å². The topological polar surface area (TPSA) is 55.6 Å². The summed E-state index contributed by atoms with van der Waals surface area (Å²) >= 11 is 3.47. The molecule has 22 heavy (non-hydrogen) atoms. The van der Waals surface area contributed by atoms with Gasteiger partial charge in [-0.2, -0.15) is 0 Å². The quantitative estimate of drug-likeness (QED) is 0.839. The van der Waals surface area contributed by atoms with E-state index in [4.69, 9.17) is 10.5 Å². The van der Waals surface area contributed by atoms with E-state index in [1.54, 1.807) is 7.11 Å². The predicted octanol–water partition coefficient (Wildman–Crippen LogP) is 3.01. The minimum Gasteiger partial charge on any atom is -0.496 e. The van der Waals surface area contributed by atoms with Crippen molar-refractivity contribution < 1.29 is 9.53 Å². The molecule has 2 unspecified atom stereocenters. The van der Waals surface area contributed by atoms with Gasteiger partial charge in [0.25, 0.3) is 0 Å². The Kier molecular flexibility index (Phi) is 7.66. The van der Waals surface area contributed by atoms with Gasteiger partial charge in [-0.1, -0.05) is 6.07 Å². The Bertz CT molecular complexity index is 513. The molecule has 1 aromatic rings. The van der Waals surface area contributed by atoms with E-state index >= 15 is 0 Å². The number of nitrogens with zero attached hydrogens (tertiary/aromatic N) is 1. The van der Waals surface area contributed by atoms with E-state index in [1.165, 1.54) is 0 Å². The van der Waals surface area contributed by atoms with E-state index in [0.29, 0.717) is 24.9 Å². The Morgan fingerprint density at radius 1 is 1.50 bits per heavy atom. The number of ether oxygens (including phenoxy) is 1. The fraction of sp³-hybridized carbons (Fsp3) is 0.562. The van der Waals surface area contributed by atoms with Crippen LogP contribution >= 0.6 is 28.3 Å². The van der Waals surface area contributed by atoms with Crippen LogP contribution in [0.5, 0.6) is 5.75 Å². The zero-order valence-electron chi connectivity index (χ0n) is 13.0. The molecule has 0 radical (unpaired) electrons. The van der Waals surface area contributed by atoms with E-state index in [0.717, 1.165) is 35.2 Å². The van der Waals surface area contributed by atoms with Gasteiger partial charge < -0.3 is 15.4 Å². The fourth-order valence-corrected chi connectivity index (χ4v) is 3.51. The lowest BCUT2D eigenvalue weighted by atomic mass is 10.1. The third kappa shape index (κ3) is 4.61. The number of benzene rings is 1.